The van der Waals surface area contributed by atoms with E-state index in [1.54, 1.807) is 17.3 Å². The number of carbonyl (C=O) groups excluding carboxylic acids is 2. The van der Waals surface area contributed by atoms with Gasteiger partial charge in [-0.15, -0.1) is 0 Å². The average Bonchev–Trinajstić information content (AvgIpc) is 3.07. The van der Waals surface area contributed by atoms with Crippen LogP contribution in [0.15, 0.2) is 49.1 Å². The van der Waals surface area contributed by atoms with E-state index in [0.29, 0.717) is 25.2 Å². The number of amides is 2. The highest BCUT2D eigenvalue weighted by molar-refractivity contribution is 5.94. The second kappa shape index (κ2) is 7.91. The minimum absolute atomic E-state index is 0.0687. The van der Waals surface area contributed by atoms with Crippen molar-refractivity contribution in [3.05, 3.63) is 60.2 Å². The van der Waals surface area contributed by atoms with Crippen molar-refractivity contribution in [2.24, 2.45) is 11.3 Å². The molecule has 0 bridgehead atoms. The molecule has 29 heavy (non-hydrogen) atoms. The zero-order chi connectivity index (χ0) is 20.4. The molecule has 7 heteroatoms. The smallest absolute Gasteiger partial charge is 0.257 e. The van der Waals surface area contributed by atoms with E-state index in [-0.39, 0.29) is 29.2 Å². The van der Waals surface area contributed by atoms with Gasteiger partial charge in [0.15, 0.2) is 0 Å². The van der Waals surface area contributed by atoms with Gasteiger partial charge in [-0.25, -0.2) is 9.97 Å². The number of carbonyl (C=O) groups is 2. The number of likely N-dealkylation sites (tertiary alicyclic amines) is 2. The molecular weight excluding hydrogens is 366 g/mol. The SMILES string of the molecule is CC(C)NC(=O)C1CN(Cc2ccccc2)CC12CN(C(=O)c1cncnc1)C2. The number of nitrogens with one attached hydrogen (secondary N) is 1. The van der Waals surface area contributed by atoms with Gasteiger partial charge in [0.05, 0.1) is 11.5 Å². The summed E-state index contributed by atoms with van der Waals surface area (Å²) >= 11 is 0. The molecule has 1 unspecified atom stereocenters. The molecule has 1 aromatic carbocycles. The first-order valence-corrected chi connectivity index (χ1v) is 10.1. The van der Waals surface area contributed by atoms with E-state index in [0.717, 1.165) is 13.1 Å². The molecule has 2 saturated heterocycles. The Morgan fingerprint density at radius 3 is 2.48 bits per heavy atom. The largest absolute Gasteiger partial charge is 0.354 e. The van der Waals surface area contributed by atoms with Gasteiger partial charge in [-0.1, -0.05) is 30.3 Å². The normalized spacial score (nSPS) is 20.7. The van der Waals surface area contributed by atoms with E-state index < -0.39 is 0 Å². The van der Waals surface area contributed by atoms with Crippen molar-refractivity contribution in [3.8, 4) is 0 Å². The Morgan fingerprint density at radius 2 is 1.83 bits per heavy atom. The maximum atomic E-state index is 12.9. The highest BCUT2D eigenvalue weighted by Crippen LogP contribution is 2.45. The van der Waals surface area contributed by atoms with Crippen LogP contribution >= 0.6 is 0 Å². The summed E-state index contributed by atoms with van der Waals surface area (Å²) in [5.74, 6) is -0.101. The quantitative estimate of drug-likeness (QED) is 0.834. The topological polar surface area (TPSA) is 78.4 Å². The maximum Gasteiger partial charge on any atom is 0.257 e. The minimum Gasteiger partial charge on any atom is -0.354 e. The third kappa shape index (κ3) is 4.00. The van der Waals surface area contributed by atoms with Gasteiger partial charge in [0.25, 0.3) is 5.91 Å². The number of rotatable bonds is 5. The standard InChI is InChI=1S/C22H27N5O2/c1-16(2)25-20(28)19-11-26(10-17-6-4-3-5-7-17)12-22(19)13-27(14-22)21(29)18-8-23-15-24-9-18/h3-9,15-16,19H,10-14H2,1-2H3,(H,25,28). The molecule has 2 aliphatic rings. The lowest BCUT2D eigenvalue weighted by Crippen LogP contribution is -2.64. The van der Waals surface area contributed by atoms with Gasteiger partial charge in [0, 0.05) is 56.6 Å². The third-order valence-electron chi connectivity index (χ3n) is 5.82. The number of aromatic nitrogens is 2. The van der Waals surface area contributed by atoms with Crippen molar-refractivity contribution in [1.29, 1.82) is 0 Å². The third-order valence-corrected chi connectivity index (χ3v) is 5.82. The zero-order valence-electron chi connectivity index (χ0n) is 16.9. The van der Waals surface area contributed by atoms with Crippen LogP contribution in [0.4, 0.5) is 0 Å². The molecule has 2 aliphatic heterocycles. The lowest BCUT2D eigenvalue weighted by atomic mass is 9.71. The van der Waals surface area contributed by atoms with Crippen molar-refractivity contribution in [1.82, 2.24) is 25.1 Å². The van der Waals surface area contributed by atoms with Crippen LogP contribution in [0, 0.1) is 11.3 Å². The summed E-state index contributed by atoms with van der Waals surface area (Å²) in [6.07, 6.45) is 4.50. The predicted molar refractivity (Wildman–Crippen MR) is 109 cm³/mol. The lowest BCUT2D eigenvalue weighted by Gasteiger charge is -2.50. The van der Waals surface area contributed by atoms with Gasteiger partial charge in [-0.05, 0) is 19.4 Å². The van der Waals surface area contributed by atoms with Crippen LogP contribution in [0.2, 0.25) is 0 Å². The van der Waals surface area contributed by atoms with Gasteiger partial charge in [0.1, 0.15) is 6.33 Å². The van der Waals surface area contributed by atoms with E-state index in [2.05, 4.69) is 32.3 Å². The molecule has 0 saturated carbocycles. The van der Waals surface area contributed by atoms with E-state index in [4.69, 9.17) is 0 Å². The summed E-state index contributed by atoms with van der Waals surface area (Å²) in [6.45, 7) is 7.47. The molecule has 4 rings (SSSR count). The summed E-state index contributed by atoms with van der Waals surface area (Å²) in [5, 5.41) is 3.08. The summed E-state index contributed by atoms with van der Waals surface area (Å²) in [7, 11) is 0. The monoisotopic (exact) mass is 393 g/mol. The van der Waals surface area contributed by atoms with E-state index >= 15 is 0 Å². The Balaban J connectivity index is 1.48. The highest BCUT2D eigenvalue weighted by Gasteiger charge is 2.57. The van der Waals surface area contributed by atoms with Gasteiger partial charge in [-0.2, -0.15) is 0 Å². The Hall–Kier alpha value is -2.80. The Morgan fingerprint density at radius 1 is 1.14 bits per heavy atom. The van der Waals surface area contributed by atoms with Gasteiger partial charge in [-0.3, -0.25) is 14.5 Å². The Labute approximate surface area is 171 Å². The molecule has 0 aliphatic carbocycles. The Kier molecular flexibility index (Phi) is 5.32. The molecule has 1 aromatic heterocycles. The highest BCUT2D eigenvalue weighted by atomic mass is 16.2. The molecule has 1 N–H and O–H groups in total. The Bertz CT molecular complexity index is 865. The first-order chi connectivity index (χ1) is 14.0. The maximum absolute atomic E-state index is 12.9. The van der Waals surface area contributed by atoms with Crippen molar-refractivity contribution in [3.63, 3.8) is 0 Å². The zero-order valence-corrected chi connectivity index (χ0v) is 16.9. The fourth-order valence-electron chi connectivity index (χ4n) is 4.55. The van der Waals surface area contributed by atoms with Gasteiger partial charge >= 0.3 is 0 Å². The summed E-state index contributed by atoms with van der Waals surface area (Å²) in [6, 6.07) is 10.4. The summed E-state index contributed by atoms with van der Waals surface area (Å²) in [4.78, 5) is 37.7. The van der Waals surface area contributed by atoms with Crippen LogP contribution in [0.1, 0.15) is 29.8 Å². The van der Waals surface area contributed by atoms with Crippen molar-refractivity contribution in [2.75, 3.05) is 26.2 Å². The van der Waals surface area contributed by atoms with Gasteiger partial charge < -0.3 is 10.2 Å². The molecule has 2 aromatic rings. The first kappa shape index (κ1) is 19.5. The molecule has 0 radical (unpaired) electrons. The minimum atomic E-state index is -0.195. The molecular formula is C22H27N5O2. The summed E-state index contributed by atoms with van der Waals surface area (Å²) in [5.41, 5.74) is 1.53. The number of benzene rings is 1. The first-order valence-electron chi connectivity index (χ1n) is 10.1. The van der Waals surface area contributed by atoms with Crippen LogP contribution in [0.5, 0.6) is 0 Å². The number of hydrogen-bond acceptors (Lipinski definition) is 5. The number of hydrogen-bond donors (Lipinski definition) is 1. The van der Waals surface area contributed by atoms with E-state index in [1.165, 1.54) is 11.9 Å². The number of nitrogens with zero attached hydrogens (tertiary/aromatic N) is 4. The van der Waals surface area contributed by atoms with Crippen LogP contribution in [-0.2, 0) is 11.3 Å². The summed E-state index contributed by atoms with van der Waals surface area (Å²) < 4.78 is 0. The molecule has 2 amide bonds. The molecule has 2 fully saturated rings. The van der Waals surface area contributed by atoms with Crippen LogP contribution < -0.4 is 5.32 Å². The van der Waals surface area contributed by atoms with Crippen molar-refractivity contribution < 1.29 is 9.59 Å². The fourth-order valence-corrected chi connectivity index (χ4v) is 4.55. The molecule has 3 heterocycles. The predicted octanol–water partition coefficient (Wildman–Crippen LogP) is 1.58. The van der Waals surface area contributed by atoms with Crippen molar-refractivity contribution >= 4 is 11.8 Å². The van der Waals surface area contributed by atoms with Crippen LogP contribution in [-0.4, -0.2) is 63.8 Å². The van der Waals surface area contributed by atoms with Crippen molar-refractivity contribution in [2.45, 2.75) is 26.4 Å². The van der Waals surface area contributed by atoms with Gasteiger partial charge in [0.2, 0.25) is 5.91 Å². The molecule has 1 atom stereocenters. The van der Waals surface area contributed by atoms with E-state index in [9.17, 15) is 9.59 Å². The lowest BCUT2D eigenvalue weighted by molar-refractivity contribution is -0.131. The van der Waals surface area contributed by atoms with E-state index in [1.807, 2.05) is 32.0 Å². The fraction of sp³-hybridized carbons (Fsp3) is 0.455. The second-order valence-corrected chi connectivity index (χ2v) is 8.52. The van der Waals surface area contributed by atoms with Crippen LogP contribution in [0.25, 0.3) is 0 Å². The molecule has 152 valence electrons. The molecule has 1 spiro atoms. The molecule has 7 nitrogen and oxygen atoms in total. The average molecular weight is 393 g/mol. The second-order valence-electron chi connectivity index (χ2n) is 8.52. The van der Waals surface area contributed by atoms with Crippen LogP contribution in [0.3, 0.4) is 0 Å².